The zero-order valence-electron chi connectivity index (χ0n) is 8.98. The average Bonchev–Trinajstić information content (AvgIpc) is 2.86. The lowest BCUT2D eigenvalue weighted by Gasteiger charge is -2.09. The molecule has 1 aromatic rings. The molecule has 0 bridgehead atoms. The van der Waals surface area contributed by atoms with Crippen LogP contribution in [0.5, 0.6) is 0 Å². The number of H-pyrrole nitrogens is 1. The van der Waals surface area contributed by atoms with E-state index in [1.165, 1.54) is 25.7 Å². The number of aromatic nitrogens is 3. The fourth-order valence-electron chi connectivity index (χ4n) is 2.03. The molecule has 1 aromatic heterocycles. The first-order chi connectivity index (χ1) is 7.18. The Bertz CT molecular complexity index is 300. The number of hydrogen-bond donors (Lipinski definition) is 3. The quantitative estimate of drug-likeness (QED) is 0.690. The largest absolute Gasteiger partial charge is 0.391 e. The molecule has 0 saturated heterocycles. The normalized spacial score (nSPS) is 21.8. The fraction of sp³-hybridized carbons (Fsp3) is 0.800. The molecule has 1 saturated carbocycles. The first kappa shape index (κ1) is 10.6. The van der Waals surface area contributed by atoms with Gasteiger partial charge in [-0.25, -0.2) is 4.98 Å². The first-order valence-electron chi connectivity index (χ1n) is 5.54. The predicted octanol–water partition coefficient (Wildman–Crippen LogP) is 0.843. The minimum absolute atomic E-state index is 0.489. The van der Waals surface area contributed by atoms with Gasteiger partial charge in [0.05, 0.1) is 12.1 Å². The van der Waals surface area contributed by atoms with Crippen LogP contribution in [-0.2, 0) is 0 Å². The van der Waals surface area contributed by atoms with Crippen molar-refractivity contribution >= 4 is 0 Å². The molecule has 0 radical (unpaired) electrons. The van der Waals surface area contributed by atoms with Crippen LogP contribution in [-0.4, -0.2) is 26.4 Å². The van der Waals surface area contributed by atoms with E-state index in [9.17, 15) is 5.11 Å². The highest BCUT2D eigenvalue weighted by Gasteiger charge is 2.23. The van der Waals surface area contributed by atoms with Crippen LogP contribution in [0.15, 0.2) is 0 Å². The van der Waals surface area contributed by atoms with Gasteiger partial charge in [-0.15, -0.1) is 0 Å². The Morgan fingerprint density at radius 1 is 1.47 bits per heavy atom. The van der Waals surface area contributed by atoms with Crippen molar-refractivity contribution in [2.75, 3.05) is 0 Å². The zero-order valence-corrected chi connectivity index (χ0v) is 8.98. The lowest BCUT2D eigenvalue weighted by atomic mass is 10.1. The highest BCUT2D eigenvalue weighted by atomic mass is 16.3. The second-order valence-corrected chi connectivity index (χ2v) is 4.33. The van der Waals surface area contributed by atoms with Crippen molar-refractivity contribution in [1.29, 1.82) is 0 Å². The van der Waals surface area contributed by atoms with Gasteiger partial charge in [-0.05, 0) is 19.8 Å². The van der Waals surface area contributed by atoms with Gasteiger partial charge in [0.15, 0.2) is 5.82 Å². The molecule has 1 aliphatic carbocycles. The van der Waals surface area contributed by atoms with Gasteiger partial charge in [0.2, 0.25) is 0 Å². The van der Waals surface area contributed by atoms with E-state index in [-0.39, 0.29) is 0 Å². The maximum atomic E-state index is 9.33. The van der Waals surface area contributed by atoms with E-state index in [0.29, 0.717) is 11.7 Å². The summed E-state index contributed by atoms with van der Waals surface area (Å²) in [6, 6.07) is -0.489. The second kappa shape index (κ2) is 4.28. The Balaban J connectivity index is 2.09. The highest BCUT2D eigenvalue weighted by Crippen LogP contribution is 2.32. The van der Waals surface area contributed by atoms with Gasteiger partial charge in [-0.1, -0.05) is 12.8 Å². The minimum atomic E-state index is -0.614. The van der Waals surface area contributed by atoms with Crippen LogP contribution < -0.4 is 5.73 Å². The van der Waals surface area contributed by atoms with Gasteiger partial charge in [0, 0.05) is 5.92 Å². The monoisotopic (exact) mass is 210 g/mol. The highest BCUT2D eigenvalue weighted by molar-refractivity contribution is 5.03. The first-order valence-corrected chi connectivity index (χ1v) is 5.54. The van der Waals surface area contributed by atoms with E-state index >= 15 is 0 Å². The minimum Gasteiger partial charge on any atom is -0.391 e. The standard InChI is InChI=1S/C10H18N4O/c1-6(15)8(11)10-12-9(13-14-10)7-4-2-3-5-7/h6-8,15H,2-5,11H2,1H3,(H,12,13,14)/t6-,8+/m1/s1. The van der Waals surface area contributed by atoms with Crippen LogP contribution in [0.4, 0.5) is 0 Å². The van der Waals surface area contributed by atoms with Gasteiger partial charge < -0.3 is 10.8 Å². The van der Waals surface area contributed by atoms with Crippen LogP contribution in [0, 0.1) is 0 Å². The molecule has 0 aromatic carbocycles. The number of aliphatic hydroxyl groups excluding tert-OH is 1. The molecule has 0 aliphatic heterocycles. The Kier molecular flexibility index (Phi) is 3.02. The topological polar surface area (TPSA) is 87.8 Å². The van der Waals surface area contributed by atoms with Crippen molar-refractivity contribution in [1.82, 2.24) is 15.2 Å². The molecule has 1 heterocycles. The number of nitrogens with two attached hydrogens (primary N) is 1. The van der Waals surface area contributed by atoms with Gasteiger partial charge in [0.1, 0.15) is 5.82 Å². The molecule has 1 aliphatic rings. The number of aliphatic hydroxyl groups is 1. The molecule has 15 heavy (non-hydrogen) atoms. The van der Waals surface area contributed by atoms with Crippen LogP contribution in [0.2, 0.25) is 0 Å². The van der Waals surface area contributed by atoms with E-state index in [1.807, 2.05) is 0 Å². The molecule has 4 N–H and O–H groups in total. The Hall–Kier alpha value is -0.940. The molecule has 5 nitrogen and oxygen atoms in total. The van der Waals surface area contributed by atoms with Gasteiger partial charge >= 0.3 is 0 Å². The van der Waals surface area contributed by atoms with Gasteiger partial charge in [-0.3, -0.25) is 5.10 Å². The third-order valence-electron chi connectivity index (χ3n) is 3.08. The molecule has 84 valence electrons. The van der Waals surface area contributed by atoms with E-state index in [0.717, 1.165) is 5.82 Å². The summed E-state index contributed by atoms with van der Waals surface area (Å²) in [6.07, 6.45) is 4.28. The van der Waals surface area contributed by atoms with E-state index in [4.69, 9.17) is 5.73 Å². The molecule has 2 rings (SSSR count). The molecule has 0 unspecified atom stereocenters. The summed E-state index contributed by atoms with van der Waals surface area (Å²) in [5.74, 6) is 1.96. The Morgan fingerprint density at radius 2 is 2.13 bits per heavy atom. The van der Waals surface area contributed by atoms with Crippen LogP contribution in [0.1, 0.15) is 56.2 Å². The fourth-order valence-corrected chi connectivity index (χ4v) is 2.03. The van der Waals surface area contributed by atoms with Crippen molar-refractivity contribution in [3.63, 3.8) is 0 Å². The van der Waals surface area contributed by atoms with Crippen molar-refractivity contribution in [2.45, 2.75) is 50.7 Å². The van der Waals surface area contributed by atoms with Crippen molar-refractivity contribution in [2.24, 2.45) is 5.73 Å². The molecule has 0 spiro atoms. The maximum absolute atomic E-state index is 9.33. The number of aromatic amines is 1. The lowest BCUT2D eigenvalue weighted by Crippen LogP contribution is -2.24. The van der Waals surface area contributed by atoms with Crippen LogP contribution in [0.25, 0.3) is 0 Å². The van der Waals surface area contributed by atoms with Crippen LogP contribution >= 0.6 is 0 Å². The molecule has 2 atom stereocenters. The Labute approximate surface area is 89.1 Å². The summed E-state index contributed by atoms with van der Waals surface area (Å²) in [4.78, 5) is 4.36. The van der Waals surface area contributed by atoms with E-state index < -0.39 is 12.1 Å². The maximum Gasteiger partial charge on any atom is 0.169 e. The van der Waals surface area contributed by atoms with E-state index in [2.05, 4.69) is 15.2 Å². The second-order valence-electron chi connectivity index (χ2n) is 4.33. The van der Waals surface area contributed by atoms with Crippen molar-refractivity contribution in [3.05, 3.63) is 11.6 Å². The van der Waals surface area contributed by atoms with Gasteiger partial charge in [0.25, 0.3) is 0 Å². The smallest absolute Gasteiger partial charge is 0.169 e. The van der Waals surface area contributed by atoms with Gasteiger partial charge in [-0.2, -0.15) is 5.10 Å². The molecular weight excluding hydrogens is 192 g/mol. The summed E-state index contributed by atoms with van der Waals surface area (Å²) >= 11 is 0. The summed E-state index contributed by atoms with van der Waals surface area (Å²) in [5, 5.41) is 16.3. The summed E-state index contributed by atoms with van der Waals surface area (Å²) in [6.45, 7) is 1.65. The number of hydrogen-bond acceptors (Lipinski definition) is 4. The summed E-state index contributed by atoms with van der Waals surface area (Å²) in [7, 11) is 0. The zero-order chi connectivity index (χ0) is 10.8. The number of nitrogens with zero attached hydrogens (tertiary/aromatic N) is 2. The third kappa shape index (κ3) is 2.18. The summed E-state index contributed by atoms with van der Waals surface area (Å²) < 4.78 is 0. The number of rotatable bonds is 3. The van der Waals surface area contributed by atoms with E-state index in [1.54, 1.807) is 6.92 Å². The molecule has 0 amide bonds. The van der Waals surface area contributed by atoms with Crippen molar-refractivity contribution in [3.8, 4) is 0 Å². The van der Waals surface area contributed by atoms with Crippen LogP contribution in [0.3, 0.4) is 0 Å². The number of nitrogens with one attached hydrogen (secondary N) is 1. The van der Waals surface area contributed by atoms with Crippen molar-refractivity contribution < 1.29 is 5.11 Å². The summed E-state index contributed by atoms with van der Waals surface area (Å²) in [5.41, 5.74) is 5.75. The third-order valence-corrected chi connectivity index (χ3v) is 3.08. The molecular formula is C10H18N4O. The average molecular weight is 210 g/mol. The molecule has 1 fully saturated rings. The lowest BCUT2D eigenvalue weighted by molar-refractivity contribution is 0.160. The molecule has 5 heteroatoms. The SMILES string of the molecule is C[C@@H](O)[C@H](N)c1n[nH]c(C2CCCC2)n1. The predicted molar refractivity (Wildman–Crippen MR) is 56.2 cm³/mol. The Morgan fingerprint density at radius 3 is 2.73 bits per heavy atom.